The first-order chi connectivity index (χ1) is 9.11. The predicted molar refractivity (Wildman–Crippen MR) is 76.2 cm³/mol. The van der Waals surface area contributed by atoms with Crippen LogP contribution in [0.5, 0.6) is 0 Å². The summed E-state index contributed by atoms with van der Waals surface area (Å²) in [7, 11) is 0. The van der Waals surface area contributed by atoms with E-state index in [0.29, 0.717) is 6.04 Å². The molecule has 19 heavy (non-hydrogen) atoms. The van der Waals surface area contributed by atoms with E-state index in [9.17, 15) is 0 Å². The second kappa shape index (κ2) is 6.21. The van der Waals surface area contributed by atoms with Crippen molar-refractivity contribution in [2.24, 2.45) is 0 Å². The molecule has 2 aromatic heterocycles. The lowest BCUT2D eigenvalue weighted by atomic mass is 10.3. The Balaban J connectivity index is 1.95. The van der Waals surface area contributed by atoms with Gasteiger partial charge in [-0.25, -0.2) is 4.98 Å². The van der Waals surface area contributed by atoms with Gasteiger partial charge in [0, 0.05) is 38.1 Å². The van der Waals surface area contributed by atoms with Crippen LogP contribution in [0.25, 0.3) is 0 Å². The van der Waals surface area contributed by atoms with Crippen molar-refractivity contribution in [1.82, 2.24) is 24.6 Å². The van der Waals surface area contributed by atoms with Crippen LogP contribution in [0.2, 0.25) is 5.02 Å². The van der Waals surface area contributed by atoms with Crippen LogP contribution in [-0.2, 0) is 19.6 Å². The number of aryl methyl sites for hydroxylation is 2. The van der Waals surface area contributed by atoms with E-state index in [2.05, 4.69) is 33.8 Å². The van der Waals surface area contributed by atoms with Crippen LogP contribution >= 0.6 is 11.6 Å². The molecule has 104 valence electrons. The van der Waals surface area contributed by atoms with E-state index in [4.69, 9.17) is 11.6 Å². The Labute approximate surface area is 118 Å². The third-order valence-electron chi connectivity index (χ3n) is 3.11. The fraction of sp³-hybridized carbons (Fsp3) is 0.538. The van der Waals surface area contributed by atoms with Gasteiger partial charge in [-0.2, -0.15) is 5.10 Å². The molecule has 0 aromatic carbocycles. The molecule has 0 saturated heterocycles. The van der Waals surface area contributed by atoms with Crippen molar-refractivity contribution >= 4 is 11.6 Å². The summed E-state index contributed by atoms with van der Waals surface area (Å²) in [6, 6.07) is 0.339. The van der Waals surface area contributed by atoms with Gasteiger partial charge in [-0.05, 0) is 20.8 Å². The quantitative estimate of drug-likeness (QED) is 0.883. The van der Waals surface area contributed by atoms with Crippen LogP contribution < -0.4 is 5.32 Å². The largest absolute Gasteiger partial charge is 0.336 e. The molecule has 1 N–H and O–H groups in total. The van der Waals surface area contributed by atoms with Crippen LogP contribution in [0, 0.1) is 6.92 Å². The second-order valence-corrected chi connectivity index (χ2v) is 5.08. The molecule has 0 aliphatic rings. The van der Waals surface area contributed by atoms with Crippen LogP contribution in [0.4, 0.5) is 0 Å². The van der Waals surface area contributed by atoms with Crippen molar-refractivity contribution in [3.05, 3.63) is 35.1 Å². The number of aromatic nitrogens is 4. The molecular formula is C13H20ClN5. The number of nitrogens with zero attached hydrogens (tertiary/aromatic N) is 4. The van der Waals surface area contributed by atoms with Gasteiger partial charge in [0.15, 0.2) is 0 Å². The molecule has 0 fully saturated rings. The van der Waals surface area contributed by atoms with Gasteiger partial charge in [-0.3, -0.25) is 4.68 Å². The number of hydrogen-bond acceptors (Lipinski definition) is 3. The highest BCUT2D eigenvalue weighted by Crippen LogP contribution is 2.20. The minimum absolute atomic E-state index is 0.339. The second-order valence-electron chi connectivity index (χ2n) is 4.70. The molecule has 0 aliphatic heterocycles. The van der Waals surface area contributed by atoms with E-state index < -0.39 is 0 Å². The van der Waals surface area contributed by atoms with E-state index >= 15 is 0 Å². The predicted octanol–water partition coefficient (Wildman–Crippen LogP) is 2.24. The highest BCUT2D eigenvalue weighted by Gasteiger charge is 2.13. The maximum absolute atomic E-state index is 6.28. The van der Waals surface area contributed by atoms with Gasteiger partial charge >= 0.3 is 0 Å². The molecule has 0 radical (unpaired) electrons. The smallest absolute Gasteiger partial charge is 0.0946 e. The van der Waals surface area contributed by atoms with Crippen LogP contribution in [0.3, 0.4) is 0 Å². The van der Waals surface area contributed by atoms with Gasteiger partial charge in [0.1, 0.15) is 0 Å². The summed E-state index contributed by atoms with van der Waals surface area (Å²) in [6.45, 7) is 8.60. The summed E-state index contributed by atoms with van der Waals surface area (Å²) < 4.78 is 4.01. The molecule has 0 saturated carbocycles. The van der Waals surface area contributed by atoms with Crippen molar-refractivity contribution in [2.45, 2.75) is 46.4 Å². The molecule has 1 unspecified atom stereocenters. The van der Waals surface area contributed by atoms with Crippen LogP contribution in [0.1, 0.15) is 25.2 Å². The normalized spacial score (nSPS) is 12.8. The molecule has 1 atom stereocenters. The molecule has 0 bridgehead atoms. The number of hydrogen-bond donors (Lipinski definition) is 1. The number of nitrogens with one attached hydrogen (secondary N) is 1. The van der Waals surface area contributed by atoms with E-state index in [1.165, 1.54) is 0 Å². The first kappa shape index (κ1) is 14.1. The number of halogens is 1. The zero-order valence-corrected chi connectivity index (χ0v) is 12.4. The standard InChI is InChI=1S/C13H20ClN5/c1-4-19-12(13(14)11(3)17-19)7-16-10(2)8-18-6-5-15-9-18/h5-6,9-10,16H,4,7-8H2,1-3H3. The third-order valence-corrected chi connectivity index (χ3v) is 3.61. The zero-order chi connectivity index (χ0) is 13.8. The molecular weight excluding hydrogens is 262 g/mol. The highest BCUT2D eigenvalue weighted by atomic mass is 35.5. The fourth-order valence-electron chi connectivity index (χ4n) is 2.08. The lowest BCUT2D eigenvalue weighted by Gasteiger charge is -2.15. The molecule has 5 nitrogen and oxygen atoms in total. The SMILES string of the molecule is CCn1nc(C)c(Cl)c1CNC(C)Cn1ccnc1. The van der Waals surface area contributed by atoms with E-state index in [1.807, 2.05) is 24.1 Å². The van der Waals surface area contributed by atoms with Gasteiger partial charge in [0.2, 0.25) is 0 Å². The van der Waals surface area contributed by atoms with E-state index in [1.54, 1.807) is 6.20 Å². The van der Waals surface area contributed by atoms with Gasteiger partial charge in [0.25, 0.3) is 0 Å². The first-order valence-corrected chi connectivity index (χ1v) is 6.90. The van der Waals surface area contributed by atoms with Gasteiger partial charge in [0.05, 0.1) is 22.7 Å². The lowest BCUT2D eigenvalue weighted by Crippen LogP contribution is -2.30. The van der Waals surface area contributed by atoms with Gasteiger partial charge in [-0.15, -0.1) is 0 Å². The Morgan fingerprint density at radius 2 is 2.26 bits per heavy atom. The van der Waals surface area contributed by atoms with Crippen molar-refractivity contribution < 1.29 is 0 Å². The van der Waals surface area contributed by atoms with E-state index in [-0.39, 0.29) is 0 Å². The van der Waals surface area contributed by atoms with Crippen molar-refractivity contribution in [3.8, 4) is 0 Å². The summed E-state index contributed by atoms with van der Waals surface area (Å²) in [5.74, 6) is 0. The molecule has 2 rings (SSSR count). The third kappa shape index (κ3) is 3.36. The Bertz CT molecular complexity index is 517. The molecule has 0 amide bonds. The van der Waals surface area contributed by atoms with Crippen LogP contribution in [0.15, 0.2) is 18.7 Å². The van der Waals surface area contributed by atoms with Gasteiger partial charge in [-0.1, -0.05) is 11.6 Å². The Morgan fingerprint density at radius 3 is 2.89 bits per heavy atom. The molecule has 0 spiro atoms. The minimum Gasteiger partial charge on any atom is -0.336 e. The average Bonchev–Trinajstić information content (AvgIpc) is 2.97. The fourth-order valence-corrected chi connectivity index (χ4v) is 2.29. The highest BCUT2D eigenvalue weighted by molar-refractivity contribution is 6.31. The lowest BCUT2D eigenvalue weighted by molar-refractivity contribution is 0.462. The summed E-state index contributed by atoms with van der Waals surface area (Å²) in [4.78, 5) is 4.04. The summed E-state index contributed by atoms with van der Waals surface area (Å²) in [5, 5.41) is 8.65. The average molecular weight is 282 g/mol. The number of imidazole rings is 1. The zero-order valence-electron chi connectivity index (χ0n) is 11.6. The first-order valence-electron chi connectivity index (χ1n) is 6.52. The van der Waals surface area contributed by atoms with Crippen molar-refractivity contribution in [2.75, 3.05) is 0 Å². The summed E-state index contributed by atoms with van der Waals surface area (Å²) in [6.07, 6.45) is 5.58. The van der Waals surface area contributed by atoms with Crippen LogP contribution in [-0.4, -0.2) is 25.4 Å². The molecule has 2 aromatic rings. The van der Waals surface area contributed by atoms with Crippen molar-refractivity contribution in [1.29, 1.82) is 0 Å². The molecule has 0 aliphatic carbocycles. The van der Waals surface area contributed by atoms with Gasteiger partial charge < -0.3 is 9.88 Å². The monoisotopic (exact) mass is 281 g/mol. The Morgan fingerprint density at radius 1 is 1.47 bits per heavy atom. The molecule has 2 heterocycles. The Hall–Kier alpha value is -1.33. The summed E-state index contributed by atoms with van der Waals surface area (Å²) >= 11 is 6.28. The van der Waals surface area contributed by atoms with Crippen molar-refractivity contribution in [3.63, 3.8) is 0 Å². The maximum atomic E-state index is 6.28. The van der Waals surface area contributed by atoms with E-state index in [0.717, 1.165) is 36.0 Å². The topological polar surface area (TPSA) is 47.7 Å². The Kier molecular flexibility index (Phi) is 4.61. The minimum atomic E-state index is 0.339. The summed E-state index contributed by atoms with van der Waals surface area (Å²) in [5.41, 5.74) is 1.95. The maximum Gasteiger partial charge on any atom is 0.0946 e. The number of rotatable bonds is 6. The molecule has 6 heteroatoms.